The van der Waals surface area contributed by atoms with E-state index in [0.717, 1.165) is 0 Å². The van der Waals surface area contributed by atoms with Crippen LogP contribution in [0, 0.1) is 0 Å². The maximum Gasteiger partial charge on any atom is 0.334 e. The Morgan fingerprint density at radius 1 is 1.73 bits per heavy atom. The smallest absolute Gasteiger partial charge is 0.334 e. The Kier molecular flexibility index (Phi) is 2.46. The molecule has 0 aliphatic carbocycles. The summed E-state index contributed by atoms with van der Waals surface area (Å²) in [6.07, 6.45) is -0.642. The fourth-order valence-corrected chi connectivity index (χ4v) is 1.03. The van der Waals surface area contributed by atoms with E-state index < -0.39 is 12.1 Å². The lowest BCUT2D eigenvalue weighted by atomic mass is 10.2. The van der Waals surface area contributed by atoms with Gasteiger partial charge < -0.3 is 9.84 Å². The van der Waals surface area contributed by atoms with E-state index in [9.17, 15) is 4.79 Å². The molecule has 1 saturated heterocycles. The third kappa shape index (κ3) is 1.91. The Balaban J connectivity index is 2.46. The van der Waals surface area contributed by atoms with Crippen LogP contribution in [0.25, 0.3) is 0 Å². The summed E-state index contributed by atoms with van der Waals surface area (Å²) in [5.74, 6) is -0.872. The largest absolute Gasteiger partial charge is 0.479 e. The minimum Gasteiger partial charge on any atom is -0.479 e. The number of carbonyl (C=O) groups is 1. The van der Waals surface area contributed by atoms with E-state index in [2.05, 4.69) is 0 Å². The quantitative estimate of drug-likeness (QED) is 0.575. The monoisotopic (exact) mass is 159 g/mol. The molecule has 1 aliphatic heterocycles. The number of carboxylic acid groups (broad SMARTS) is 1. The van der Waals surface area contributed by atoms with Crippen molar-refractivity contribution in [2.45, 2.75) is 19.1 Å². The van der Waals surface area contributed by atoms with Gasteiger partial charge in [0.1, 0.15) is 0 Å². The van der Waals surface area contributed by atoms with Gasteiger partial charge in [-0.05, 0) is 14.0 Å². The van der Waals surface area contributed by atoms with Gasteiger partial charge in [-0.1, -0.05) is 0 Å². The molecule has 2 atom stereocenters. The summed E-state index contributed by atoms with van der Waals surface area (Å²) in [5, 5.41) is 8.59. The topological polar surface area (TPSA) is 49.8 Å². The molecule has 1 N–H and O–H groups in total. The second-order valence-electron chi connectivity index (χ2n) is 2.95. The molecule has 4 nitrogen and oxygen atoms in total. The van der Waals surface area contributed by atoms with Crippen LogP contribution in [0.2, 0.25) is 0 Å². The van der Waals surface area contributed by atoms with Gasteiger partial charge in [-0.2, -0.15) is 0 Å². The fraction of sp³-hybridized carbons (Fsp3) is 0.857. The summed E-state index contributed by atoms with van der Waals surface area (Å²) < 4.78 is 5.08. The number of hydrogen-bond acceptors (Lipinski definition) is 3. The predicted octanol–water partition coefficient (Wildman–Crippen LogP) is -0.210. The second kappa shape index (κ2) is 3.19. The van der Waals surface area contributed by atoms with Crippen molar-refractivity contribution < 1.29 is 14.6 Å². The molecule has 0 amide bonds. The molecular weight excluding hydrogens is 146 g/mol. The number of carboxylic acids is 1. The van der Waals surface area contributed by atoms with Gasteiger partial charge in [-0.15, -0.1) is 0 Å². The van der Waals surface area contributed by atoms with Crippen LogP contribution in [0.3, 0.4) is 0 Å². The van der Waals surface area contributed by atoms with E-state index in [-0.39, 0.29) is 0 Å². The zero-order valence-corrected chi connectivity index (χ0v) is 6.78. The van der Waals surface area contributed by atoms with Crippen LogP contribution in [-0.4, -0.2) is 48.3 Å². The number of ether oxygens (including phenoxy) is 1. The molecule has 0 aromatic heterocycles. The van der Waals surface area contributed by atoms with Gasteiger partial charge >= 0.3 is 5.97 Å². The van der Waals surface area contributed by atoms with Gasteiger partial charge in [0.2, 0.25) is 0 Å². The van der Waals surface area contributed by atoms with Crippen LogP contribution in [0.1, 0.15) is 6.92 Å². The Morgan fingerprint density at radius 2 is 2.36 bits per heavy atom. The molecule has 64 valence electrons. The molecule has 0 bridgehead atoms. The zero-order chi connectivity index (χ0) is 8.43. The Labute approximate surface area is 65.8 Å². The lowest BCUT2D eigenvalue weighted by Crippen LogP contribution is -2.48. The maximum absolute atomic E-state index is 10.5. The molecule has 0 saturated carbocycles. The SMILES string of the molecule is C[C@H]1CO[C@H](C(=O)O)CN1C. The van der Waals surface area contributed by atoms with Crippen LogP contribution in [-0.2, 0) is 9.53 Å². The third-order valence-electron chi connectivity index (χ3n) is 2.02. The normalized spacial score (nSPS) is 33.6. The van der Waals surface area contributed by atoms with Crippen molar-refractivity contribution in [1.29, 1.82) is 0 Å². The predicted molar refractivity (Wildman–Crippen MR) is 39.5 cm³/mol. The first-order valence-electron chi connectivity index (χ1n) is 3.66. The van der Waals surface area contributed by atoms with Crippen LogP contribution in [0.15, 0.2) is 0 Å². The molecule has 1 fully saturated rings. The highest BCUT2D eigenvalue weighted by Crippen LogP contribution is 2.08. The molecule has 1 aliphatic rings. The summed E-state index contributed by atoms with van der Waals surface area (Å²) in [7, 11) is 1.91. The number of hydrogen-bond donors (Lipinski definition) is 1. The summed E-state index contributed by atoms with van der Waals surface area (Å²) in [4.78, 5) is 12.4. The fourth-order valence-electron chi connectivity index (χ4n) is 1.03. The van der Waals surface area contributed by atoms with Crippen LogP contribution in [0.5, 0.6) is 0 Å². The van der Waals surface area contributed by atoms with Gasteiger partial charge in [-0.25, -0.2) is 4.79 Å². The average molecular weight is 159 g/mol. The van der Waals surface area contributed by atoms with E-state index in [1.165, 1.54) is 0 Å². The van der Waals surface area contributed by atoms with Crippen molar-refractivity contribution in [3.8, 4) is 0 Å². The van der Waals surface area contributed by atoms with Crippen molar-refractivity contribution in [2.75, 3.05) is 20.2 Å². The van der Waals surface area contributed by atoms with Crippen LogP contribution < -0.4 is 0 Å². The molecule has 4 heteroatoms. The maximum atomic E-state index is 10.5. The van der Waals surface area contributed by atoms with Gasteiger partial charge in [0.25, 0.3) is 0 Å². The zero-order valence-electron chi connectivity index (χ0n) is 6.78. The minimum atomic E-state index is -0.872. The van der Waals surface area contributed by atoms with Crippen molar-refractivity contribution in [3.05, 3.63) is 0 Å². The van der Waals surface area contributed by atoms with E-state index in [4.69, 9.17) is 9.84 Å². The Hall–Kier alpha value is -0.610. The lowest BCUT2D eigenvalue weighted by Gasteiger charge is -2.33. The van der Waals surface area contributed by atoms with Crippen LogP contribution >= 0.6 is 0 Å². The van der Waals surface area contributed by atoms with Crippen molar-refractivity contribution in [3.63, 3.8) is 0 Å². The van der Waals surface area contributed by atoms with Crippen molar-refractivity contribution in [1.82, 2.24) is 4.90 Å². The van der Waals surface area contributed by atoms with E-state index in [1.54, 1.807) is 0 Å². The number of nitrogens with zero attached hydrogens (tertiary/aromatic N) is 1. The third-order valence-corrected chi connectivity index (χ3v) is 2.02. The summed E-state index contributed by atoms with van der Waals surface area (Å²) >= 11 is 0. The highest BCUT2D eigenvalue weighted by molar-refractivity contribution is 5.72. The molecule has 1 heterocycles. The molecule has 0 aromatic carbocycles. The summed E-state index contributed by atoms with van der Waals surface area (Å²) in [6.45, 7) is 3.00. The number of aliphatic carboxylic acids is 1. The Bertz CT molecular complexity index is 160. The molecule has 0 radical (unpaired) electrons. The standard InChI is InChI=1S/C7H13NO3/c1-5-4-11-6(7(9)10)3-8(5)2/h5-6H,3-4H2,1-2H3,(H,9,10)/t5-,6-/m0/s1. The molecule has 0 spiro atoms. The van der Waals surface area contributed by atoms with Crippen LogP contribution in [0.4, 0.5) is 0 Å². The van der Waals surface area contributed by atoms with Crippen molar-refractivity contribution in [2.24, 2.45) is 0 Å². The summed E-state index contributed by atoms with van der Waals surface area (Å²) in [6, 6.07) is 0.325. The van der Waals surface area contributed by atoms with Gasteiger partial charge in [-0.3, -0.25) is 4.90 Å². The van der Waals surface area contributed by atoms with E-state index >= 15 is 0 Å². The van der Waals surface area contributed by atoms with Crippen molar-refractivity contribution >= 4 is 5.97 Å². The Morgan fingerprint density at radius 3 is 2.82 bits per heavy atom. The van der Waals surface area contributed by atoms with Gasteiger partial charge in [0.15, 0.2) is 6.10 Å². The molecular formula is C7H13NO3. The van der Waals surface area contributed by atoms with E-state index in [0.29, 0.717) is 19.2 Å². The number of morpholine rings is 1. The molecule has 11 heavy (non-hydrogen) atoms. The summed E-state index contributed by atoms with van der Waals surface area (Å²) in [5.41, 5.74) is 0. The van der Waals surface area contributed by atoms with Gasteiger partial charge in [0, 0.05) is 12.6 Å². The second-order valence-corrected chi connectivity index (χ2v) is 2.95. The average Bonchev–Trinajstić information content (AvgIpc) is 1.94. The van der Waals surface area contributed by atoms with E-state index in [1.807, 2.05) is 18.9 Å². The minimum absolute atomic E-state index is 0.325. The molecule has 0 unspecified atom stereocenters. The highest BCUT2D eigenvalue weighted by Gasteiger charge is 2.27. The first-order valence-corrected chi connectivity index (χ1v) is 3.66. The molecule has 1 rings (SSSR count). The van der Waals surface area contributed by atoms with Gasteiger partial charge in [0.05, 0.1) is 6.61 Å². The number of rotatable bonds is 1. The first-order chi connectivity index (χ1) is 5.11. The molecule has 0 aromatic rings. The lowest BCUT2D eigenvalue weighted by molar-refractivity contribution is -0.157. The number of likely N-dealkylation sites (N-methyl/N-ethyl adjacent to an activating group) is 1. The first kappa shape index (κ1) is 8.49. The highest BCUT2D eigenvalue weighted by atomic mass is 16.5.